The van der Waals surface area contributed by atoms with Crippen molar-refractivity contribution in [3.8, 4) is 5.75 Å². The summed E-state index contributed by atoms with van der Waals surface area (Å²) in [6.07, 6.45) is 5.33. The Balaban J connectivity index is 1.59. The molecule has 0 atom stereocenters. The SMILES string of the molecule is Cc1cc2nccn2cc1Nc1c(NCc2cccc(O)c2)c(=O)c1=O. The van der Waals surface area contributed by atoms with Crippen LogP contribution in [-0.2, 0) is 6.54 Å². The molecule has 0 saturated heterocycles. The van der Waals surface area contributed by atoms with Gasteiger partial charge in [-0.3, -0.25) is 9.59 Å². The quantitative estimate of drug-likeness (QED) is 0.479. The van der Waals surface area contributed by atoms with Gasteiger partial charge in [0.05, 0.1) is 5.69 Å². The molecule has 0 amide bonds. The molecule has 3 N–H and O–H groups in total. The number of aryl methyl sites for hydroxylation is 1. The minimum absolute atomic E-state index is 0.150. The van der Waals surface area contributed by atoms with E-state index in [1.165, 1.54) is 0 Å². The molecule has 130 valence electrons. The zero-order valence-corrected chi connectivity index (χ0v) is 14.0. The van der Waals surface area contributed by atoms with Gasteiger partial charge in [-0.15, -0.1) is 0 Å². The minimum Gasteiger partial charge on any atom is -0.508 e. The molecule has 2 heterocycles. The Hall–Kier alpha value is -3.61. The lowest BCUT2D eigenvalue weighted by atomic mass is 10.1. The van der Waals surface area contributed by atoms with Crippen LogP contribution in [0.25, 0.3) is 5.65 Å². The molecular weight excluding hydrogens is 332 g/mol. The maximum atomic E-state index is 12.0. The number of aromatic hydroxyl groups is 1. The molecular formula is C19H16N4O3. The number of phenols is 1. The Morgan fingerprint density at radius 3 is 2.77 bits per heavy atom. The van der Waals surface area contributed by atoms with Crippen molar-refractivity contribution < 1.29 is 5.11 Å². The number of hydrogen-bond donors (Lipinski definition) is 3. The van der Waals surface area contributed by atoms with E-state index in [1.54, 1.807) is 24.4 Å². The van der Waals surface area contributed by atoms with E-state index in [-0.39, 0.29) is 17.1 Å². The molecule has 26 heavy (non-hydrogen) atoms. The summed E-state index contributed by atoms with van der Waals surface area (Å²) < 4.78 is 1.83. The first-order valence-corrected chi connectivity index (χ1v) is 8.08. The van der Waals surface area contributed by atoms with Crippen molar-refractivity contribution in [3.05, 3.63) is 80.5 Å². The number of anilines is 3. The second kappa shape index (κ2) is 6.03. The summed E-state index contributed by atoms with van der Waals surface area (Å²) in [5.74, 6) is 0.150. The predicted molar refractivity (Wildman–Crippen MR) is 100.0 cm³/mol. The Morgan fingerprint density at radius 2 is 1.96 bits per heavy atom. The number of pyridine rings is 1. The van der Waals surface area contributed by atoms with Crippen molar-refractivity contribution in [1.29, 1.82) is 0 Å². The summed E-state index contributed by atoms with van der Waals surface area (Å²) in [6, 6.07) is 8.61. The molecule has 0 aliphatic carbocycles. The first-order valence-electron chi connectivity index (χ1n) is 8.08. The van der Waals surface area contributed by atoms with Crippen molar-refractivity contribution in [2.24, 2.45) is 0 Å². The standard InChI is InChI=1S/C19H16N4O3/c1-11-7-15-20-5-6-23(15)10-14(11)22-17-16(18(25)19(17)26)21-9-12-3-2-4-13(24)8-12/h2-8,10,21-22,24H,9H2,1H3. The largest absolute Gasteiger partial charge is 0.508 e. The maximum absolute atomic E-state index is 12.0. The number of phenolic OH excluding ortho intramolecular Hbond substituents is 1. The highest BCUT2D eigenvalue weighted by molar-refractivity contribution is 5.79. The molecule has 7 heteroatoms. The van der Waals surface area contributed by atoms with Crippen LogP contribution in [-0.4, -0.2) is 14.5 Å². The fourth-order valence-electron chi connectivity index (χ4n) is 2.86. The Bertz CT molecular complexity index is 1190. The molecule has 0 saturated carbocycles. The van der Waals surface area contributed by atoms with Crippen molar-refractivity contribution in [2.45, 2.75) is 13.5 Å². The van der Waals surface area contributed by atoms with Crippen LogP contribution in [0, 0.1) is 6.92 Å². The van der Waals surface area contributed by atoms with Crippen molar-refractivity contribution >= 4 is 22.7 Å². The Morgan fingerprint density at radius 1 is 1.15 bits per heavy atom. The van der Waals surface area contributed by atoms with E-state index in [0.717, 1.165) is 22.5 Å². The average Bonchev–Trinajstić information content (AvgIpc) is 3.07. The van der Waals surface area contributed by atoms with Gasteiger partial charge < -0.3 is 20.1 Å². The van der Waals surface area contributed by atoms with Crippen LogP contribution in [0.5, 0.6) is 5.75 Å². The highest BCUT2D eigenvalue weighted by Crippen LogP contribution is 2.25. The van der Waals surface area contributed by atoms with Crippen LogP contribution >= 0.6 is 0 Å². The second-order valence-electron chi connectivity index (χ2n) is 6.12. The predicted octanol–water partition coefficient (Wildman–Crippen LogP) is 2.30. The smallest absolute Gasteiger partial charge is 0.253 e. The van der Waals surface area contributed by atoms with Gasteiger partial charge in [0.15, 0.2) is 0 Å². The monoisotopic (exact) mass is 348 g/mol. The van der Waals surface area contributed by atoms with Crippen molar-refractivity contribution in [1.82, 2.24) is 9.38 Å². The van der Waals surface area contributed by atoms with Gasteiger partial charge in [0, 0.05) is 25.1 Å². The van der Waals surface area contributed by atoms with E-state index in [9.17, 15) is 14.7 Å². The summed E-state index contributed by atoms with van der Waals surface area (Å²) in [5, 5.41) is 15.5. The molecule has 4 aromatic rings. The number of fused-ring (bicyclic) bond motifs is 1. The summed E-state index contributed by atoms with van der Waals surface area (Å²) in [4.78, 5) is 28.1. The molecule has 0 spiro atoms. The third kappa shape index (κ3) is 2.69. The van der Waals surface area contributed by atoms with Crippen LogP contribution in [0.1, 0.15) is 11.1 Å². The number of nitrogens with zero attached hydrogens (tertiary/aromatic N) is 2. The first kappa shape index (κ1) is 15.9. The van der Waals surface area contributed by atoms with Crippen LogP contribution in [0.2, 0.25) is 0 Å². The lowest BCUT2D eigenvalue weighted by Gasteiger charge is -2.16. The normalized spacial score (nSPS) is 11.1. The minimum atomic E-state index is -0.548. The van der Waals surface area contributed by atoms with Gasteiger partial charge in [-0.05, 0) is 36.2 Å². The summed E-state index contributed by atoms with van der Waals surface area (Å²) in [6.45, 7) is 2.23. The number of imidazole rings is 1. The molecule has 4 rings (SSSR count). The molecule has 0 aliphatic heterocycles. The molecule has 2 aromatic heterocycles. The molecule has 0 fully saturated rings. The highest BCUT2D eigenvalue weighted by atomic mass is 16.3. The topological polar surface area (TPSA) is 95.7 Å². The maximum Gasteiger partial charge on any atom is 0.253 e. The van der Waals surface area contributed by atoms with Gasteiger partial charge in [-0.2, -0.15) is 0 Å². The molecule has 2 aromatic carbocycles. The zero-order chi connectivity index (χ0) is 18.3. The van der Waals surface area contributed by atoms with E-state index in [0.29, 0.717) is 6.54 Å². The van der Waals surface area contributed by atoms with Crippen LogP contribution in [0.3, 0.4) is 0 Å². The average molecular weight is 348 g/mol. The van der Waals surface area contributed by atoms with Gasteiger partial charge in [-0.1, -0.05) is 12.1 Å². The van der Waals surface area contributed by atoms with Gasteiger partial charge in [0.25, 0.3) is 10.9 Å². The lowest BCUT2D eigenvalue weighted by Crippen LogP contribution is -2.36. The molecule has 0 aliphatic rings. The van der Waals surface area contributed by atoms with E-state index in [4.69, 9.17) is 0 Å². The number of nitrogens with one attached hydrogen (secondary N) is 2. The summed E-state index contributed by atoms with van der Waals surface area (Å²) in [7, 11) is 0. The van der Waals surface area contributed by atoms with E-state index >= 15 is 0 Å². The molecule has 7 nitrogen and oxygen atoms in total. The summed E-state index contributed by atoms with van der Waals surface area (Å²) >= 11 is 0. The number of benzene rings is 1. The third-order valence-corrected chi connectivity index (χ3v) is 4.29. The molecule has 0 unspecified atom stereocenters. The Kier molecular flexibility index (Phi) is 3.69. The van der Waals surface area contributed by atoms with Crippen LogP contribution in [0.15, 0.2) is 58.5 Å². The fraction of sp³-hybridized carbons (Fsp3) is 0.105. The van der Waals surface area contributed by atoms with E-state index < -0.39 is 10.9 Å². The Labute approximate surface area is 148 Å². The number of rotatable bonds is 5. The first-order chi connectivity index (χ1) is 12.5. The van der Waals surface area contributed by atoms with Crippen LogP contribution < -0.4 is 21.5 Å². The van der Waals surface area contributed by atoms with Gasteiger partial charge >= 0.3 is 0 Å². The highest BCUT2D eigenvalue weighted by Gasteiger charge is 2.21. The van der Waals surface area contributed by atoms with Gasteiger partial charge in [0.2, 0.25) is 0 Å². The van der Waals surface area contributed by atoms with Crippen molar-refractivity contribution in [3.63, 3.8) is 0 Å². The number of hydrogen-bond acceptors (Lipinski definition) is 6. The molecule has 0 radical (unpaired) electrons. The third-order valence-electron chi connectivity index (χ3n) is 4.29. The van der Waals surface area contributed by atoms with Crippen LogP contribution in [0.4, 0.5) is 17.1 Å². The molecule has 0 bridgehead atoms. The lowest BCUT2D eigenvalue weighted by molar-refractivity contribution is 0.474. The van der Waals surface area contributed by atoms with Crippen molar-refractivity contribution in [2.75, 3.05) is 10.6 Å². The number of aromatic nitrogens is 2. The summed E-state index contributed by atoms with van der Waals surface area (Å²) in [5.41, 5.74) is 2.66. The van der Waals surface area contributed by atoms with E-state index in [1.807, 2.05) is 35.9 Å². The van der Waals surface area contributed by atoms with E-state index in [2.05, 4.69) is 15.6 Å². The van der Waals surface area contributed by atoms with Gasteiger partial charge in [-0.25, -0.2) is 4.98 Å². The fourth-order valence-corrected chi connectivity index (χ4v) is 2.86. The van der Waals surface area contributed by atoms with Gasteiger partial charge in [0.1, 0.15) is 22.8 Å². The second-order valence-corrected chi connectivity index (χ2v) is 6.12. The zero-order valence-electron chi connectivity index (χ0n) is 14.0.